The van der Waals surface area contributed by atoms with Crippen LogP contribution in [0.3, 0.4) is 0 Å². The van der Waals surface area contributed by atoms with E-state index in [4.69, 9.17) is 15.3 Å². The van der Waals surface area contributed by atoms with Gasteiger partial charge in [0, 0.05) is 49.7 Å². The molecule has 10 nitrogen and oxygen atoms in total. The molecule has 2 bridgehead atoms. The maximum Gasteiger partial charge on any atom is 0.274 e. The van der Waals surface area contributed by atoms with Gasteiger partial charge in [-0.2, -0.15) is 5.06 Å². The zero-order valence-corrected chi connectivity index (χ0v) is 20.0. The summed E-state index contributed by atoms with van der Waals surface area (Å²) in [5, 5.41) is 11.6. The number of benzene rings is 1. The highest BCUT2D eigenvalue weighted by molar-refractivity contribution is 5.96. The molecule has 37 heavy (non-hydrogen) atoms. The van der Waals surface area contributed by atoms with Crippen molar-refractivity contribution in [1.29, 1.82) is 0 Å². The van der Waals surface area contributed by atoms with Gasteiger partial charge in [-0.1, -0.05) is 0 Å². The summed E-state index contributed by atoms with van der Waals surface area (Å²) in [6.07, 6.45) is 0.653. The number of nitrogens with two attached hydrogens (primary N) is 1. The fourth-order valence-corrected chi connectivity index (χ4v) is 5.87. The molecule has 13 heteroatoms. The Morgan fingerprint density at radius 3 is 2.57 bits per heavy atom. The van der Waals surface area contributed by atoms with E-state index < -0.39 is 76.3 Å². The van der Waals surface area contributed by atoms with Gasteiger partial charge < -0.3 is 25.0 Å². The number of hydroxylamine groups is 2. The van der Waals surface area contributed by atoms with Crippen LogP contribution >= 0.6 is 0 Å². The molecule has 5 atom stereocenters. The third kappa shape index (κ3) is 3.71. The highest BCUT2D eigenvalue weighted by Crippen LogP contribution is 2.52. The Labute approximate surface area is 208 Å². The number of carbonyl (C=O) groups is 2. The molecule has 3 aliphatic rings. The first-order valence-electron chi connectivity index (χ1n) is 11.7. The lowest BCUT2D eigenvalue weighted by atomic mass is 9.76. The summed E-state index contributed by atoms with van der Waals surface area (Å²) in [4.78, 5) is 46.2. The molecule has 3 N–H and O–H groups in total. The molecule has 0 unspecified atom stereocenters. The Morgan fingerprint density at radius 1 is 1.27 bits per heavy atom. The van der Waals surface area contributed by atoms with Crippen molar-refractivity contribution in [2.75, 3.05) is 13.7 Å². The third-order valence-corrected chi connectivity index (χ3v) is 7.67. The van der Waals surface area contributed by atoms with Crippen LogP contribution in [0, 0.1) is 23.4 Å². The maximum absolute atomic E-state index is 14.5. The topological polar surface area (TPSA) is 127 Å². The van der Waals surface area contributed by atoms with Crippen LogP contribution in [0.25, 0.3) is 0 Å². The average Bonchev–Trinajstić information content (AvgIpc) is 3.09. The van der Waals surface area contributed by atoms with Crippen molar-refractivity contribution in [3.63, 3.8) is 0 Å². The molecular formula is C24H25F3N4O6. The number of pyridine rings is 1. The summed E-state index contributed by atoms with van der Waals surface area (Å²) in [6, 6.07) is 0.958. The molecule has 198 valence electrons. The lowest BCUT2D eigenvalue weighted by Gasteiger charge is -2.44. The second-order valence-corrected chi connectivity index (χ2v) is 9.62. The molecule has 0 radical (unpaired) electrons. The molecule has 0 saturated carbocycles. The number of nitrogens with zero attached hydrogens (tertiary/aromatic N) is 3. The van der Waals surface area contributed by atoms with Crippen LogP contribution in [-0.4, -0.2) is 63.0 Å². The molecule has 5 rings (SSSR count). The number of rotatable bonds is 4. The Bertz CT molecular complexity index is 1330. The molecular weight excluding hydrogens is 497 g/mol. The molecule has 0 aliphatic carbocycles. The van der Waals surface area contributed by atoms with Gasteiger partial charge in [-0.25, -0.2) is 13.2 Å². The number of ether oxygens (including phenoxy) is 1. The van der Waals surface area contributed by atoms with Crippen molar-refractivity contribution in [2.45, 2.75) is 50.2 Å². The lowest BCUT2D eigenvalue weighted by molar-refractivity contribution is -0.253. The summed E-state index contributed by atoms with van der Waals surface area (Å²) in [6.45, 7) is 1.28. The number of amides is 2. The highest BCUT2D eigenvalue weighted by Gasteiger charge is 2.64. The normalized spacial score (nSPS) is 29.4. The van der Waals surface area contributed by atoms with Gasteiger partial charge >= 0.3 is 0 Å². The number of hydrogen-bond donors (Lipinski definition) is 2. The summed E-state index contributed by atoms with van der Waals surface area (Å²) in [5.74, 6) is -6.70. The standard InChI is InChI=1S/C24H25F3N4O6/c1-11-3-5-24(17-10-30(11)22(35)19-20(33)16(32)4-6-29(17)19)18(21(28)34)23(36-2)31(37-24)9-13-14(26)7-12(25)8-15(13)27/h4,6-8,11,17-18,23,33H,3,5,9-10H2,1-2H3,(H2,28,34)/t11-,17+,18-,23+,24+/m0/s1. The van der Waals surface area contributed by atoms with Crippen LogP contribution < -0.4 is 11.2 Å². The van der Waals surface area contributed by atoms with Crippen LogP contribution in [-0.2, 0) is 20.9 Å². The third-order valence-electron chi connectivity index (χ3n) is 7.67. The van der Waals surface area contributed by atoms with E-state index in [9.17, 15) is 32.7 Å². The number of hydrogen-bond acceptors (Lipinski definition) is 7. The van der Waals surface area contributed by atoms with E-state index in [2.05, 4.69) is 0 Å². The van der Waals surface area contributed by atoms with Gasteiger partial charge in [0.25, 0.3) is 5.91 Å². The quantitative estimate of drug-likeness (QED) is 0.622. The molecule has 2 fully saturated rings. The first-order chi connectivity index (χ1) is 17.5. The second-order valence-electron chi connectivity index (χ2n) is 9.62. The maximum atomic E-state index is 14.5. The van der Waals surface area contributed by atoms with Crippen molar-refractivity contribution >= 4 is 11.8 Å². The molecule has 2 aromatic rings. The molecule has 1 aromatic carbocycles. The molecule has 3 aliphatic heterocycles. The predicted octanol–water partition coefficient (Wildman–Crippen LogP) is 1.41. The van der Waals surface area contributed by atoms with E-state index in [1.807, 2.05) is 0 Å². The number of aromatic nitrogens is 1. The van der Waals surface area contributed by atoms with E-state index in [0.29, 0.717) is 18.6 Å². The number of fused-ring (bicyclic) bond motifs is 5. The minimum absolute atomic E-state index is 0.0443. The van der Waals surface area contributed by atoms with Crippen molar-refractivity contribution in [3.8, 4) is 5.75 Å². The van der Waals surface area contributed by atoms with Gasteiger partial charge in [-0.05, 0) is 19.8 Å². The fraction of sp³-hybridized carbons (Fsp3) is 0.458. The van der Waals surface area contributed by atoms with Crippen LogP contribution in [0.4, 0.5) is 13.2 Å². The van der Waals surface area contributed by atoms with Crippen molar-refractivity contribution in [3.05, 3.63) is 63.3 Å². The minimum atomic E-state index is -1.49. The zero-order chi connectivity index (χ0) is 26.8. The largest absolute Gasteiger partial charge is 0.503 e. The second kappa shape index (κ2) is 8.85. The van der Waals surface area contributed by atoms with Crippen molar-refractivity contribution in [2.24, 2.45) is 11.7 Å². The Morgan fingerprint density at radius 2 is 1.95 bits per heavy atom. The lowest BCUT2D eigenvalue weighted by Crippen LogP contribution is -2.56. The molecule has 1 spiro atoms. The fourth-order valence-electron chi connectivity index (χ4n) is 5.87. The van der Waals surface area contributed by atoms with Crippen LogP contribution in [0.1, 0.15) is 41.9 Å². The van der Waals surface area contributed by atoms with Crippen LogP contribution in [0.2, 0.25) is 0 Å². The van der Waals surface area contributed by atoms with Gasteiger partial charge in [0.15, 0.2) is 11.4 Å². The number of halogens is 3. The van der Waals surface area contributed by atoms with Gasteiger partial charge in [0.1, 0.15) is 35.2 Å². The molecule has 2 amide bonds. The minimum Gasteiger partial charge on any atom is -0.503 e. The van der Waals surface area contributed by atoms with E-state index in [0.717, 1.165) is 11.1 Å². The van der Waals surface area contributed by atoms with E-state index >= 15 is 0 Å². The summed E-state index contributed by atoms with van der Waals surface area (Å²) in [7, 11) is 1.28. The number of primary amides is 1. The van der Waals surface area contributed by atoms with Crippen molar-refractivity contribution < 1.29 is 37.4 Å². The van der Waals surface area contributed by atoms with Gasteiger partial charge in [-0.15, -0.1) is 0 Å². The van der Waals surface area contributed by atoms with Crippen LogP contribution in [0.15, 0.2) is 29.2 Å². The van der Waals surface area contributed by atoms with Gasteiger partial charge in [-0.3, -0.25) is 19.2 Å². The monoisotopic (exact) mass is 522 g/mol. The SMILES string of the molecule is CO[C@@H]1[C@H](C(N)=O)[C@]2(CC[C@H](C)N3C[C@H]2n2ccc(=O)c(O)c2C3=O)ON1Cc1c(F)cc(F)cc1F. The van der Waals surface area contributed by atoms with E-state index in [-0.39, 0.29) is 24.7 Å². The number of carbonyl (C=O) groups excluding carboxylic acids is 2. The Kier molecular flexibility index (Phi) is 6.04. The Hall–Kier alpha value is -3.42. The van der Waals surface area contributed by atoms with E-state index in [1.165, 1.54) is 22.8 Å². The summed E-state index contributed by atoms with van der Waals surface area (Å²) in [5.41, 5.74) is 2.85. The van der Waals surface area contributed by atoms with Crippen molar-refractivity contribution in [1.82, 2.24) is 14.5 Å². The van der Waals surface area contributed by atoms with Gasteiger partial charge in [0.05, 0.1) is 12.6 Å². The summed E-state index contributed by atoms with van der Waals surface area (Å²) >= 11 is 0. The van der Waals surface area contributed by atoms with E-state index in [1.54, 1.807) is 6.92 Å². The smallest absolute Gasteiger partial charge is 0.274 e. The first kappa shape index (κ1) is 25.2. The molecule has 1 aromatic heterocycles. The Balaban J connectivity index is 1.67. The summed E-state index contributed by atoms with van der Waals surface area (Å²) < 4.78 is 49.5. The first-order valence-corrected chi connectivity index (χ1v) is 11.7. The average molecular weight is 522 g/mol. The van der Waals surface area contributed by atoms with Crippen LogP contribution in [0.5, 0.6) is 5.75 Å². The number of aromatic hydroxyl groups is 1. The predicted molar refractivity (Wildman–Crippen MR) is 120 cm³/mol. The van der Waals surface area contributed by atoms with Gasteiger partial charge in [0.2, 0.25) is 11.3 Å². The number of methoxy groups -OCH3 is 1. The molecule has 4 heterocycles. The molecule has 2 saturated heterocycles. The zero-order valence-electron chi connectivity index (χ0n) is 20.0. The highest BCUT2D eigenvalue weighted by atomic mass is 19.1.